The van der Waals surface area contributed by atoms with Crippen LogP contribution in [0.15, 0.2) is 36.7 Å². The lowest BCUT2D eigenvalue weighted by Gasteiger charge is -2.10. The molecule has 0 saturated carbocycles. The summed E-state index contributed by atoms with van der Waals surface area (Å²) in [7, 11) is 1.64. The van der Waals surface area contributed by atoms with Crippen molar-refractivity contribution in [2.75, 3.05) is 7.11 Å². The van der Waals surface area contributed by atoms with Crippen LogP contribution in [-0.2, 0) is 0 Å². The molecule has 0 fully saturated rings. The van der Waals surface area contributed by atoms with E-state index in [1.165, 1.54) is 6.92 Å². The number of ketones is 1. The predicted molar refractivity (Wildman–Crippen MR) is 71.0 cm³/mol. The maximum Gasteiger partial charge on any atom is 0.161 e. The standard InChI is InChI=1S/C15H15NO2/c1-10-4-5-15(18-3)14(6-10)13-7-12(11(2)17)8-16-9-13/h4-9H,1-3H3. The van der Waals surface area contributed by atoms with Crippen LogP contribution in [-0.4, -0.2) is 17.9 Å². The first kappa shape index (κ1) is 12.3. The van der Waals surface area contributed by atoms with Crippen LogP contribution < -0.4 is 4.74 Å². The number of methoxy groups -OCH3 is 1. The van der Waals surface area contributed by atoms with Gasteiger partial charge in [-0.25, -0.2) is 0 Å². The van der Waals surface area contributed by atoms with Crippen molar-refractivity contribution in [2.24, 2.45) is 0 Å². The lowest BCUT2D eigenvalue weighted by molar-refractivity contribution is 0.101. The number of aromatic nitrogens is 1. The fourth-order valence-corrected chi connectivity index (χ4v) is 1.83. The van der Waals surface area contributed by atoms with E-state index in [-0.39, 0.29) is 5.78 Å². The van der Waals surface area contributed by atoms with Crippen LogP contribution >= 0.6 is 0 Å². The molecule has 0 bridgehead atoms. The molecule has 0 saturated heterocycles. The summed E-state index contributed by atoms with van der Waals surface area (Å²) in [6.45, 7) is 3.56. The van der Waals surface area contributed by atoms with E-state index >= 15 is 0 Å². The van der Waals surface area contributed by atoms with Gasteiger partial charge in [0.2, 0.25) is 0 Å². The summed E-state index contributed by atoms with van der Waals surface area (Å²) in [5.74, 6) is 0.791. The van der Waals surface area contributed by atoms with Crippen molar-refractivity contribution in [1.82, 2.24) is 4.98 Å². The highest BCUT2D eigenvalue weighted by molar-refractivity contribution is 5.95. The topological polar surface area (TPSA) is 39.2 Å². The maximum absolute atomic E-state index is 11.4. The fraction of sp³-hybridized carbons (Fsp3) is 0.200. The molecule has 1 heterocycles. The molecule has 2 rings (SSSR count). The van der Waals surface area contributed by atoms with Gasteiger partial charge in [0.25, 0.3) is 0 Å². The van der Waals surface area contributed by atoms with Gasteiger partial charge in [-0.1, -0.05) is 11.6 Å². The minimum atomic E-state index is 0.0102. The van der Waals surface area contributed by atoms with E-state index in [1.807, 2.05) is 31.2 Å². The molecule has 92 valence electrons. The summed E-state index contributed by atoms with van der Waals surface area (Å²) in [5, 5.41) is 0. The van der Waals surface area contributed by atoms with Gasteiger partial charge in [-0.3, -0.25) is 9.78 Å². The van der Waals surface area contributed by atoms with E-state index in [0.717, 1.165) is 22.4 Å². The summed E-state index contributed by atoms with van der Waals surface area (Å²) in [6, 6.07) is 7.78. The number of carbonyl (C=O) groups is 1. The average Bonchev–Trinajstić information content (AvgIpc) is 2.39. The first-order valence-corrected chi connectivity index (χ1v) is 5.73. The zero-order valence-corrected chi connectivity index (χ0v) is 10.7. The van der Waals surface area contributed by atoms with E-state index < -0.39 is 0 Å². The molecule has 0 aliphatic rings. The molecular formula is C15H15NO2. The van der Waals surface area contributed by atoms with Crippen molar-refractivity contribution in [3.05, 3.63) is 47.8 Å². The van der Waals surface area contributed by atoms with Crippen LogP contribution in [0.2, 0.25) is 0 Å². The molecular weight excluding hydrogens is 226 g/mol. The van der Waals surface area contributed by atoms with Crippen LogP contribution in [0.4, 0.5) is 0 Å². The highest BCUT2D eigenvalue weighted by atomic mass is 16.5. The molecule has 0 radical (unpaired) electrons. The largest absolute Gasteiger partial charge is 0.496 e. The second kappa shape index (κ2) is 5.00. The zero-order valence-electron chi connectivity index (χ0n) is 10.7. The summed E-state index contributed by atoms with van der Waals surface area (Å²) >= 11 is 0. The number of aryl methyl sites for hydroxylation is 1. The monoisotopic (exact) mass is 241 g/mol. The van der Waals surface area contributed by atoms with Gasteiger partial charge in [0.1, 0.15) is 5.75 Å². The van der Waals surface area contributed by atoms with E-state index in [4.69, 9.17) is 4.74 Å². The third-order valence-corrected chi connectivity index (χ3v) is 2.81. The Bertz CT molecular complexity index is 591. The van der Waals surface area contributed by atoms with Crippen molar-refractivity contribution in [1.29, 1.82) is 0 Å². The van der Waals surface area contributed by atoms with Gasteiger partial charge >= 0.3 is 0 Å². The fourth-order valence-electron chi connectivity index (χ4n) is 1.83. The Balaban J connectivity index is 2.57. The summed E-state index contributed by atoms with van der Waals surface area (Å²) in [5.41, 5.74) is 3.59. The number of Topliss-reactive ketones (excluding diaryl/α,β-unsaturated/α-hetero) is 1. The SMILES string of the molecule is COc1ccc(C)cc1-c1cncc(C(C)=O)c1. The predicted octanol–water partition coefficient (Wildman–Crippen LogP) is 3.27. The second-order valence-corrected chi connectivity index (χ2v) is 4.22. The van der Waals surface area contributed by atoms with E-state index in [9.17, 15) is 4.79 Å². The molecule has 1 aromatic heterocycles. The molecule has 0 spiro atoms. The summed E-state index contributed by atoms with van der Waals surface area (Å²) in [6.07, 6.45) is 3.32. The molecule has 18 heavy (non-hydrogen) atoms. The highest BCUT2D eigenvalue weighted by Gasteiger charge is 2.08. The number of rotatable bonds is 3. The maximum atomic E-state index is 11.4. The number of pyridine rings is 1. The van der Waals surface area contributed by atoms with E-state index in [0.29, 0.717) is 5.56 Å². The van der Waals surface area contributed by atoms with Gasteiger partial charge in [0, 0.05) is 29.1 Å². The molecule has 0 atom stereocenters. The van der Waals surface area contributed by atoms with Crippen LogP contribution in [0.5, 0.6) is 5.75 Å². The van der Waals surface area contributed by atoms with Gasteiger partial charge in [-0.2, -0.15) is 0 Å². The number of benzene rings is 1. The molecule has 0 aliphatic heterocycles. The lowest BCUT2D eigenvalue weighted by atomic mass is 10.0. The molecule has 0 aliphatic carbocycles. The Morgan fingerprint density at radius 2 is 2.00 bits per heavy atom. The van der Waals surface area contributed by atoms with Gasteiger partial charge < -0.3 is 4.74 Å². The van der Waals surface area contributed by atoms with Crippen molar-refractivity contribution < 1.29 is 9.53 Å². The summed E-state index contributed by atoms with van der Waals surface area (Å²) < 4.78 is 5.34. The van der Waals surface area contributed by atoms with Crippen molar-refractivity contribution in [2.45, 2.75) is 13.8 Å². The van der Waals surface area contributed by atoms with Crippen LogP contribution in [0.3, 0.4) is 0 Å². The molecule has 0 N–H and O–H groups in total. The number of nitrogens with zero attached hydrogens (tertiary/aromatic N) is 1. The average molecular weight is 241 g/mol. The molecule has 3 heteroatoms. The summed E-state index contributed by atoms with van der Waals surface area (Å²) in [4.78, 5) is 15.5. The highest BCUT2D eigenvalue weighted by Crippen LogP contribution is 2.30. The Morgan fingerprint density at radius 3 is 2.67 bits per heavy atom. The molecule has 0 amide bonds. The number of hydrogen-bond acceptors (Lipinski definition) is 3. The first-order valence-electron chi connectivity index (χ1n) is 5.73. The third kappa shape index (κ3) is 2.40. The van der Waals surface area contributed by atoms with E-state index in [2.05, 4.69) is 4.98 Å². The normalized spacial score (nSPS) is 10.2. The van der Waals surface area contributed by atoms with Crippen LogP contribution in [0.1, 0.15) is 22.8 Å². The Hall–Kier alpha value is -2.16. The smallest absolute Gasteiger partial charge is 0.161 e. The minimum absolute atomic E-state index is 0.0102. The Labute approximate surface area is 106 Å². The van der Waals surface area contributed by atoms with Crippen LogP contribution in [0.25, 0.3) is 11.1 Å². The number of ether oxygens (including phenoxy) is 1. The van der Waals surface area contributed by atoms with Crippen molar-refractivity contribution in [3.63, 3.8) is 0 Å². The van der Waals surface area contributed by atoms with Gasteiger partial charge in [0.15, 0.2) is 5.78 Å². The minimum Gasteiger partial charge on any atom is -0.496 e. The molecule has 0 unspecified atom stereocenters. The molecule has 1 aromatic carbocycles. The quantitative estimate of drug-likeness (QED) is 0.774. The van der Waals surface area contributed by atoms with Crippen LogP contribution in [0, 0.1) is 6.92 Å². The number of carbonyl (C=O) groups excluding carboxylic acids is 1. The lowest BCUT2D eigenvalue weighted by Crippen LogP contribution is -1.95. The van der Waals surface area contributed by atoms with Gasteiger partial charge in [-0.05, 0) is 32.0 Å². The molecule has 3 nitrogen and oxygen atoms in total. The van der Waals surface area contributed by atoms with Crippen molar-refractivity contribution in [3.8, 4) is 16.9 Å². The van der Waals surface area contributed by atoms with Gasteiger partial charge in [-0.15, -0.1) is 0 Å². The Morgan fingerprint density at radius 1 is 1.22 bits per heavy atom. The van der Waals surface area contributed by atoms with Crippen molar-refractivity contribution >= 4 is 5.78 Å². The second-order valence-electron chi connectivity index (χ2n) is 4.22. The molecule has 2 aromatic rings. The number of hydrogen-bond donors (Lipinski definition) is 0. The Kier molecular flexibility index (Phi) is 3.42. The van der Waals surface area contributed by atoms with Gasteiger partial charge in [0.05, 0.1) is 7.11 Å². The zero-order chi connectivity index (χ0) is 13.1. The van der Waals surface area contributed by atoms with E-state index in [1.54, 1.807) is 19.5 Å². The first-order chi connectivity index (χ1) is 8.61. The third-order valence-electron chi connectivity index (χ3n) is 2.81.